The van der Waals surface area contributed by atoms with Gasteiger partial charge in [0.05, 0.1) is 21.8 Å². The number of halogens is 2. The molecule has 2 N–H and O–H groups in total. The van der Waals surface area contributed by atoms with Crippen molar-refractivity contribution in [2.24, 2.45) is 5.92 Å². The van der Waals surface area contributed by atoms with E-state index in [1.165, 1.54) is 18.4 Å². The Balaban J connectivity index is 1.68. The van der Waals surface area contributed by atoms with Gasteiger partial charge in [0.25, 0.3) is 0 Å². The topological polar surface area (TPSA) is 41.1 Å². The maximum atomic E-state index is 12.5. The molecule has 1 aliphatic carbocycles. The van der Waals surface area contributed by atoms with Crippen LogP contribution in [0.5, 0.6) is 0 Å². The molecule has 24 heavy (non-hydrogen) atoms. The van der Waals surface area contributed by atoms with Crippen LogP contribution in [0, 0.1) is 5.92 Å². The van der Waals surface area contributed by atoms with Crippen molar-refractivity contribution < 1.29 is 4.79 Å². The van der Waals surface area contributed by atoms with Crippen molar-refractivity contribution >= 4 is 34.8 Å². The summed E-state index contributed by atoms with van der Waals surface area (Å²) in [5, 5.41) is 7.10. The first-order valence-electron chi connectivity index (χ1n) is 8.12. The van der Waals surface area contributed by atoms with E-state index < -0.39 is 0 Å². The van der Waals surface area contributed by atoms with Gasteiger partial charge in [-0.3, -0.25) is 10.1 Å². The normalized spacial score (nSPS) is 16.5. The molecule has 5 heteroatoms. The van der Waals surface area contributed by atoms with E-state index in [-0.39, 0.29) is 18.0 Å². The third-order valence-corrected chi connectivity index (χ3v) is 5.10. The van der Waals surface area contributed by atoms with Crippen LogP contribution in [-0.4, -0.2) is 11.9 Å². The molecule has 1 saturated carbocycles. The van der Waals surface area contributed by atoms with Gasteiger partial charge in [-0.2, -0.15) is 0 Å². The van der Waals surface area contributed by atoms with Crippen LogP contribution in [-0.2, 0) is 4.79 Å². The van der Waals surface area contributed by atoms with Gasteiger partial charge in [0.1, 0.15) is 0 Å². The smallest absolute Gasteiger partial charge is 0.241 e. The summed E-state index contributed by atoms with van der Waals surface area (Å²) in [6.07, 6.45) is 2.39. The molecular formula is C19H20Cl2N2O. The fourth-order valence-corrected chi connectivity index (χ4v) is 3.13. The number of anilines is 1. The van der Waals surface area contributed by atoms with Crippen LogP contribution < -0.4 is 10.6 Å². The summed E-state index contributed by atoms with van der Waals surface area (Å²) in [4.78, 5) is 12.5. The Kier molecular flexibility index (Phi) is 5.44. The lowest BCUT2D eigenvalue weighted by Gasteiger charge is -2.23. The first-order chi connectivity index (χ1) is 11.6. The lowest BCUT2D eigenvalue weighted by molar-refractivity contribution is -0.118. The number of amides is 1. The van der Waals surface area contributed by atoms with E-state index in [4.69, 9.17) is 23.2 Å². The Morgan fingerprint density at radius 1 is 1.08 bits per heavy atom. The highest BCUT2D eigenvalue weighted by Gasteiger charge is 2.34. The molecule has 0 radical (unpaired) electrons. The molecule has 2 aromatic carbocycles. The fraction of sp³-hybridized carbons (Fsp3) is 0.316. The summed E-state index contributed by atoms with van der Waals surface area (Å²) in [6, 6.07) is 15.3. The quantitative estimate of drug-likeness (QED) is 0.753. The Bertz CT molecular complexity index is 717. The highest BCUT2D eigenvalue weighted by Crippen LogP contribution is 2.41. The van der Waals surface area contributed by atoms with Crippen LogP contribution >= 0.6 is 23.2 Å². The molecule has 0 spiro atoms. The van der Waals surface area contributed by atoms with Gasteiger partial charge < -0.3 is 5.32 Å². The van der Waals surface area contributed by atoms with Crippen molar-refractivity contribution in [2.75, 3.05) is 5.32 Å². The van der Waals surface area contributed by atoms with E-state index in [1.54, 1.807) is 18.2 Å². The van der Waals surface area contributed by atoms with Gasteiger partial charge in [-0.25, -0.2) is 0 Å². The molecule has 0 unspecified atom stereocenters. The van der Waals surface area contributed by atoms with Crippen molar-refractivity contribution in [1.82, 2.24) is 5.32 Å². The molecule has 3 nitrogen and oxygen atoms in total. The zero-order valence-corrected chi connectivity index (χ0v) is 14.9. The molecular weight excluding hydrogens is 343 g/mol. The SMILES string of the molecule is C[C@H](N[C@H](c1ccccc1)C1CC1)C(=O)Nc1cccc(Cl)c1Cl. The van der Waals surface area contributed by atoms with Crippen molar-refractivity contribution in [3.05, 3.63) is 64.1 Å². The summed E-state index contributed by atoms with van der Waals surface area (Å²) in [5.41, 5.74) is 1.76. The monoisotopic (exact) mass is 362 g/mol. The van der Waals surface area contributed by atoms with Gasteiger partial charge in [-0.1, -0.05) is 59.6 Å². The van der Waals surface area contributed by atoms with E-state index in [0.717, 1.165) is 0 Å². The number of hydrogen-bond donors (Lipinski definition) is 2. The zero-order valence-electron chi connectivity index (χ0n) is 13.4. The Hall–Kier alpha value is -1.55. The average molecular weight is 363 g/mol. The minimum atomic E-state index is -0.342. The number of rotatable bonds is 6. The number of carbonyl (C=O) groups is 1. The van der Waals surface area contributed by atoms with Gasteiger partial charge in [0.15, 0.2) is 0 Å². The van der Waals surface area contributed by atoms with Crippen LogP contribution in [0.25, 0.3) is 0 Å². The second-order valence-corrected chi connectivity index (χ2v) is 6.99. The zero-order chi connectivity index (χ0) is 17.1. The standard InChI is InChI=1S/C19H20Cl2N2O/c1-12(19(24)23-16-9-5-8-15(20)17(16)21)22-18(14-10-11-14)13-6-3-2-4-7-13/h2-9,12,14,18,22H,10-11H2,1H3,(H,23,24)/t12-,18+/m0/s1. The van der Waals surface area contributed by atoms with Crippen molar-refractivity contribution in [3.8, 4) is 0 Å². The molecule has 0 bridgehead atoms. The molecule has 2 atom stereocenters. The molecule has 0 heterocycles. The van der Waals surface area contributed by atoms with Gasteiger partial charge in [-0.15, -0.1) is 0 Å². The molecule has 1 aliphatic rings. The Labute approximate surface area is 152 Å². The number of hydrogen-bond acceptors (Lipinski definition) is 2. The van der Waals surface area contributed by atoms with Crippen LogP contribution in [0.15, 0.2) is 48.5 Å². The van der Waals surface area contributed by atoms with E-state index >= 15 is 0 Å². The van der Waals surface area contributed by atoms with Crippen LogP contribution in [0.3, 0.4) is 0 Å². The number of nitrogens with one attached hydrogen (secondary N) is 2. The molecule has 0 aliphatic heterocycles. The molecule has 1 fully saturated rings. The van der Waals surface area contributed by atoms with Gasteiger partial charge >= 0.3 is 0 Å². The lowest BCUT2D eigenvalue weighted by Crippen LogP contribution is -2.41. The molecule has 0 aromatic heterocycles. The van der Waals surface area contributed by atoms with E-state index in [1.807, 2.05) is 25.1 Å². The van der Waals surface area contributed by atoms with Gasteiger partial charge in [0, 0.05) is 6.04 Å². The maximum absolute atomic E-state index is 12.5. The molecule has 126 valence electrons. The third-order valence-electron chi connectivity index (χ3n) is 4.28. The van der Waals surface area contributed by atoms with Crippen LogP contribution in [0.2, 0.25) is 10.0 Å². The van der Waals surface area contributed by atoms with Crippen molar-refractivity contribution in [1.29, 1.82) is 0 Å². The third kappa shape index (κ3) is 4.10. The van der Waals surface area contributed by atoms with Gasteiger partial charge in [0.2, 0.25) is 5.91 Å². The summed E-state index contributed by atoms with van der Waals surface area (Å²) in [7, 11) is 0. The Morgan fingerprint density at radius 3 is 2.46 bits per heavy atom. The average Bonchev–Trinajstić information content (AvgIpc) is 3.42. The predicted molar refractivity (Wildman–Crippen MR) is 99.6 cm³/mol. The van der Waals surface area contributed by atoms with E-state index in [9.17, 15) is 4.79 Å². The minimum absolute atomic E-state index is 0.124. The predicted octanol–water partition coefficient (Wildman–Crippen LogP) is 5.06. The Morgan fingerprint density at radius 2 is 1.79 bits per heavy atom. The molecule has 2 aromatic rings. The summed E-state index contributed by atoms with van der Waals surface area (Å²) in [5.74, 6) is 0.471. The number of benzene rings is 2. The molecule has 1 amide bonds. The highest BCUT2D eigenvalue weighted by molar-refractivity contribution is 6.44. The van der Waals surface area contributed by atoms with Crippen LogP contribution in [0.1, 0.15) is 31.4 Å². The van der Waals surface area contributed by atoms with Crippen LogP contribution in [0.4, 0.5) is 5.69 Å². The maximum Gasteiger partial charge on any atom is 0.241 e. The lowest BCUT2D eigenvalue weighted by atomic mass is 10.0. The second kappa shape index (κ2) is 7.56. The summed E-state index contributed by atoms with van der Waals surface area (Å²) in [6.45, 7) is 1.87. The summed E-state index contributed by atoms with van der Waals surface area (Å²) >= 11 is 12.1. The molecule has 3 rings (SSSR count). The largest absolute Gasteiger partial charge is 0.323 e. The fourth-order valence-electron chi connectivity index (χ4n) is 2.78. The second-order valence-electron chi connectivity index (χ2n) is 6.20. The highest BCUT2D eigenvalue weighted by atomic mass is 35.5. The first kappa shape index (κ1) is 17.3. The number of carbonyl (C=O) groups excluding carboxylic acids is 1. The molecule has 0 saturated heterocycles. The summed E-state index contributed by atoms with van der Waals surface area (Å²) < 4.78 is 0. The van der Waals surface area contributed by atoms with E-state index in [0.29, 0.717) is 21.7 Å². The van der Waals surface area contributed by atoms with Crippen molar-refractivity contribution in [3.63, 3.8) is 0 Å². The van der Waals surface area contributed by atoms with Gasteiger partial charge in [-0.05, 0) is 43.4 Å². The minimum Gasteiger partial charge on any atom is -0.323 e. The van der Waals surface area contributed by atoms with E-state index in [2.05, 4.69) is 22.8 Å². The van der Waals surface area contributed by atoms with Crippen molar-refractivity contribution in [2.45, 2.75) is 31.8 Å². The first-order valence-corrected chi connectivity index (χ1v) is 8.87.